The van der Waals surface area contributed by atoms with Gasteiger partial charge in [0.2, 0.25) is 0 Å². The van der Waals surface area contributed by atoms with Crippen LogP contribution < -0.4 is 5.32 Å². The lowest BCUT2D eigenvalue weighted by Gasteiger charge is -1.99. The van der Waals surface area contributed by atoms with Gasteiger partial charge in [-0.2, -0.15) is 0 Å². The molecule has 2 heterocycles. The van der Waals surface area contributed by atoms with Crippen LogP contribution in [0.15, 0.2) is 22.6 Å². The molecule has 0 saturated carbocycles. The van der Waals surface area contributed by atoms with Gasteiger partial charge in [0.15, 0.2) is 5.13 Å². The zero-order valence-electron chi connectivity index (χ0n) is 12.4. The van der Waals surface area contributed by atoms with Crippen LogP contribution in [0.5, 0.6) is 0 Å². The largest absolute Gasteiger partial charge is 0.466 e. The SMILES string of the molecule is Cc1cc(C(=O)Nc2nc3c(C)c(C)ccc3s2)c(C)o1. The lowest BCUT2D eigenvalue weighted by molar-refractivity contribution is 0.102. The monoisotopic (exact) mass is 300 g/mol. The normalized spacial score (nSPS) is 11.0. The summed E-state index contributed by atoms with van der Waals surface area (Å²) < 4.78 is 6.47. The number of nitrogens with zero attached hydrogens (tertiary/aromatic N) is 1. The average molecular weight is 300 g/mol. The number of amides is 1. The van der Waals surface area contributed by atoms with Gasteiger partial charge in [0.25, 0.3) is 5.91 Å². The molecule has 0 radical (unpaired) electrons. The van der Waals surface area contributed by atoms with Gasteiger partial charge < -0.3 is 4.42 Å². The first kappa shape index (κ1) is 13.8. The first-order valence-corrected chi connectivity index (χ1v) is 7.52. The number of aromatic nitrogens is 1. The van der Waals surface area contributed by atoms with Gasteiger partial charge in [0.1, 0.15) is 11.5 Å². The Morgan fingerprint density at radius 2 is 2.00 bits per heavy atom. The highest BCUT2D eigenvalue weighted by Gasteiger charge is 2.16. The van der Waals surface area contributed by atoms with E-state index in [1.807, 2.05) is 19.9 Å². The van der Waals surface area contributed by atoms with E-state index in [0.29, 0.717) is 16.5 Å². The van der Waals surface area contributed by atoms with Crippen LogP contribution >= 0.6 is 11.3 Å². The van der Waals surface area contributed by atoms with Crippen molar-refractivity contribution in [3.63, 3.8) is 0 Å². The number of aryl methyl sites for hydroxylation is 4. The fourth-order valence-corrected chi connectivity index (χ4v) is 3.22. The number of rotatable bonds is 2. The summed E-state index contributed by atoms with van der Waals surface area (Å²) in [5, 5.41) is 3.47. The van der Waals surface area contributed by atoms with Crippen LogP contribution in [0.3, 0.4) is 0 Å². The second-order valence-electron chi connectivity index (χ2n) is 5.15. The lowest BCUT2D eigenvalue weighted by atomic mass is 10.1. The number of hydrogen-bond donors (Lipinski definition) is 1. The molecule has 1 N–H and O–H groups in total. The summed E-state index contributed by atoms with van der Waals surface area (Å²) in [6.45, 7) is 7.72. The van der Waals surface area contributed by atoms with Crippen molar-refractivity contribution in [2.24, 2.45) is 0 Å². The van der Waals surface area contributed by atoms with Gasteiger partial charge >= 0.3 is 0 Å². The summed E-state index contributed by atoms with van der Waals surface area (Å²) in [7, 11) is 0. The van der Waals surface area contributed by atoms with Crippen molar-refractivity contribution in [2.45, 2.75) is 27.7 Å². The average Bonchev–Trinajstić information content (AvgIpc) is 2.97. The summed E-state index contributed by atoms with van der Waals surface area (Å²) >= 11 is 1.48. The standard InChI is InChI=1S/C16H16N2O2S/c1-8-5-6-13-14(10(8)3)17-16(21-13)18-15(19)12-7-9(2)20-11(12)4/h5-7H,1-4H3,(H,17,18,19). The Labute approximate surface area is 126 Å². The van der Waals surface area contributed by atoms with E-state index in [0.717, 1.165) is 21.5 Å². The van der Waals surface area contributed by atoms with Gasteiger partial charge in [0, 0.05) is 0 Å². The van der Waals surface area contributed by atoms with Gasteiger partial charge in [-0.3, -0.25) is 10.1 Å². The Bertz CT molecular complexity index is 845. The number of carbonyl (C=O) groups excluding carboxylic acids is 1. The summed E-state index contributed by atoms with van der Waals surface area (Å²) in [5.74, 6) is 1.17. The second-order valence-corrected chi connectivity index (χ2v) is 6.18. The molecule has 2 aromatic heterocycles. The van der Waals surface area contributed by atoms with Crippen molar-refractivity contribution in [1.29, 1.82) is 0 Å². The second kappa shape index (κ2) is 5.00. The van der Waals surface area contributed by atoms with Crippen molar-refractivity contribution in [1.82, 2.24) is 4.98 Å². The maximum absolute atomic E-state index is 12.3. The third-order valence-corrected chi connectivity index (χ3v) is 4.53. The van der Waals surface area contributed by atoms with Crippen molar-refractivity contribution in [3.8, 4) is 0 Å². The van der Waals surface area contributed by atoms with E-state index in [1.54, 1.807) is 13.0 Å². The zero-order valence-corrected chi connectivity index (χ0v) is 13.2. The topological polar surface area (TPSA) is 55.1 Å². The molecule has 0 aliphatic heterocycles. The van der Waals surface area contributed by atoms with Crippen LogP contribution in [0.4, 0.5) is 5.13 Å². The van der Waals surface area contributed by atoms with Gasteiger partial charge in [-0.05, 0) is 51.0 Å². The molecule has 0 fully saturated rings. The Kier molecular flexibility index (Phi) is 3.29. The summed E-state index contributed by atoms with van der Waals surface area (Å²) in [4.78, 5) is 16.8. The summed E-state index contributed by atoms with van der Waals surface area (Å²) in [6, 6.07) is 5.86. The molecule has 0 saturated heterocycles. The number of carbonyl (C=O) groups is 1. The van der Waals surface area contributed by atoms with Crippen molar-refractivity contribution in [2.75, 3.05) is 5.32 Å². The smallest absolute Gasteiger partial charge is 0.260 e. The Morgan fingerprint density at radius 3 is 2.67 bits per heavy atom. The lowest BCUT2D eigenvalue weighted by Crippen LogP contribution is -2.11. The zero-order chi connectivity index (χ0) is 15.1. The Hall–Kier alpha value is -2.14. The van der Waals surface area contributed by atoms with Gasteiger partial charge in [0.05, 0.1) is 15.8 Å². The van der Waals surface area contributed by atoms with Crippen LogP contribution in [-0.2, 0) is 0 Å². The molecular formula is C16H16N2O2S. The first-order chi connectivity index (χ1) is 9.95. The van der Waals surface area contributed by atoms with E-state index in [9.17, 15) is 4.79 Å². The van der Waals surface area contributed by atoms with Gasteiger partial charge in [-0.15, -0.1) is 0 Å². The maximum Gasteiger partial charge on any atom is 0.260 e. The molecule has 3 aromatic rings. The van der Waals surface area contributed by atoms with Crippen LogP contribution in [0.25, 0.3) is 10.2 Å². The number of furan rings is 1. The minimum atomic E-state index is -0.183. The number of benzene rings is 1. The molecule has 108 valence electrons. The van der Waals surface area contributed by atoms with Crippen LogP contribution in [0.2, 0.25) is 0 Å². The molecule has 0 aliphatic rings. The molecule has 1 amide bonds. The van der Waals surface area contributed by atoms with E-state index >= 15 is 0 Å². The van der Waals surface area contributed by atoms with Crippen LogP contribution in [0.1, 0.15) is 33.0 Å². The fraction of sp³-hybridized carbons (Fsp3) is 0.250. The molecule has 0 unspecified atom stereocenters. The molecule has 0 spiro atoms. The molecule has 21 heavy (non-hydrogen) atoms. The number of hydrogen-bond acceptors (Lipinski definition) is 4. The van der Waals surface area contributed by atoms with E-state index in [2.05, 4.69) is 23.3 Å². The maximum atomic E-state index is 12.3. The quantitative estimate of drug-likeness (QED) is 0.764. The number of anilines is 1. The van der Waals surface area contributed by atoms with Crippen molar-refractivity contribution in [3.05, 3.63) is 46.4 Å². The number of fused-ring (bicyclic) bond motifs is 1. The number of nitrogens with one attached hydrogen (secondary N) is 1. The van der Waals surface area contributed by atoms with Crippen LogP contribution in [0, 0.1) is 27.7 Å². The predicted molar refractivity (Wildman–Crippen MR) is 85.2 cm³/mol. The molecule has 5 heteroatoms. The van der Waals surface area contributed by atoms with Crippen LogP contribution in [-0.4, -0.2) is 10.9 Å². The van der Waals surface area contributed by atoms with E-state index < -0.39 is 0 Å². The summed E-state index contributed by atoms with van der Waals surface area (Å²) in [6.07, 6.45) is 0. The highest BCUT2D eigenvalue weighted by molar-refractivity contribution is 7.22. The Morgan fingerprint density at radius 1 is 1.24 bits per heavy atom. The molecule has 0 atom stereocenters. The molecule has 0 bridgehead atoms. The predicted octanol–water partition coefficient (Wildman–Crippen LogP) is 4.38. The van der Waals surface area contributed by atoms with Crippen molar-refractivity contribution >= 4 is 32.6 Å². The fourth-order valence-electron chi connectivity index (χ4n) is 2.30. The summed E-state index contributed by atoms with van der Waals surface area (Å²) in [5.41, 5.74) is 3.86. The third kappa shape index (κ3) is 2.45. The molecule has 4 nitrogen and oxygen atoms in total. The number of thiazole rings is 1. The molecule has 3 rings (SSSR count). The van der Waals surface area contributed by atoms with Crippen molar-refractivity contribution < 1.29 is 9.21 Å². The van der Waals surface area contributed by atoms with E-state index in [-0.39, 0.29) is 5.91 Å². The van der Waals surface area contributed by atoms with Gasteiger partial charge in [-0.1, -0.05) is 17.4 Å². The third-order valence-electron chi connectivity index (χ3n) is 3.59. The first-order valence-electron chi connectivity index (χ1n) is 6.71. The van der Waals surface area contributed by atoms with E-state index in [4.69, 9.17) is 4.42 Å². The van der Waals surface area contributed by atoms with Gasteiger partial charge in [-0.25, -0.2) is 4.98 Å². The molecule has 1 aromatic carbocycles. The van der Waals surface area contributed by atoms with E-state index in [1.165, 1.54) is 16.9 Å². The highest BCUT2D eigenvalue weighted by Crippen LogP contribution is 2.30. The minimum Gasteiger partial charge on any atom is -0.466 e. The minimum absolute atomic E-state index is 0.183. The highest BCUT2D eigenvalue weighted by atomic mass is 32.1. The Balaban J connectivity index is 1.93. The molecule has 0 aliphatic carbocycles. The molecular weight excluding hydrogens is 284 g/mol.